The van der Waals surface area contributed by atoms with Gasteiger partial charge in [-0.25, -0.2) is 0 Å². The van der Waals surface area contributed by atoms with Crippen molar-refractivity contribution in [3.05, 3.63) is 0 Å². The van der Waals surface area contributed by atoms with Crippen molar-refractivity contribution in [1.29, 1.82) is 0 Å². The molecule has 0 aliphatic carbocycles. The predicted molar refractivity (Wildman–Crippen MR) is 9.65 cm³/mol. The van der Waals surface area contributed by atoms with Gasteiger partial charge in [0.25, 0.3) is 0 Å². The van der Waals surface area contributed by atoms with Crippen LogP contribution in [0.25, 0.3) is 0 Å². The topological polar surface area (TPSA) is 51.2 Å². The molecule has 0 aromatic rings. The van der Waals surface area contributed by atoms with Gasteiger partial charge in [0.15, 0.2) is 0 Å². The quantitative estimate of drug-likeness (QED) is 0.563. The van der Waals surface area contributed by atoms with E-state index in [0.29, 0.717) is 0 Å². The molecule has 0 heterocycles. The summed E-state index contributed by atoms with van der Waals surface area (Å²) in [6.45, 7) is 0. The second-order valence-corrected chi connectivity index (χ2v) is 0.729. The number of rotatable bonds is 0. The normalized spacial score (nSPS) is 6.17. The zero-order chi connectivity index (χ0) is 5.58. The Bertz CT molecular complexity index is 91.0. The van der Waals surface area contributed by atoms with E-state index in [1.54, 1.807) is 0 Å². The first-order chi connectivity index (χ1) is 2.73. The second kappa shape index (κ2) is 9.27. The van der Waals surface area contributed by atoms with E-state index in [2.05, 4.69) is 9.82 Å². The van der Waals surface area contributed by atoms with Crippen LogP contribution < -0.4 is 0 Å². The molecule has 0 saturated carbocycles. The van der Waals surface area contributed by atoms with Crippen LogP contribution in [0.1, 0.15) is 0 Å². The summed E-state index contributed by atoms with van der Waals surface area (Å²) in [5.74, 6) is 0. The van der Waals surface area contributed by atoms with Gasteiger partial charge in [-0.1, -0.05) is 0 Å². The molecule has 6 heavy (non-hydrogen) atoms. The van der Waals surface area contributed by atoms with Crippen LogP contribution in [0.15, 0.2) is 0 Å². The van der Waals surface area contributed by atoms with E-state index < -0.39 is 13.7 Å². The molecule has 0 aromatic heterocycles. The zero-order valence-corrected chi connectivity index (χ0v) is 6.32. The Labute approximate surface area is 52.9 Å². The summed E-state index contributed by atoms with van der Waals surface area (Å²) in [4.78, 5) is 0. The molecule has 0 amide bonds. The molecule has 6 heteroatoms. The average molecular weight is 232 g/mol. The molecule has 0 fully saturated rings. The minimum absolute atomic E-state index is 1.53. The summed E-state index contributed by atoms with van der Waals surface area (Å²) in [7, 11) is 4.09. The molecular weight excluding hydrogens is 232 g/mol. The van der Waals surface area contributed by atoms with Crippen LogP contribution in [0.2, 0.25) is 0 Å². The molecule has 0 radical (unpaired) electrons. The molecule has 0 aromatic carbocycles. The van der Waals surface area contributed by atoms with E-state index in [1.807, 2.05) is 0 Å². The molecule has 0 spiro atoms. The fourth-order valence-corrected chi connectivity index (χ4v) is 0. The molecule has 0 unspecified atom stereocenters. The molecular formula is FeMoO3S. The molecule has 0 atom stereocenters. The zero-order valence-electron chi connectivity index (χ0n) is 2.39. The van der Waals surface area contributed by atoms with Crippen LogP contribution in [0.3, 0.4) is 0 Å². The number of hydrogen-bond donors (Lipinski definition) is 0. The fraction of sp³-hybridized carbons (Fsp3) is 0. The van der Waals surface area contributed by atoms with Crippen LogP contribution in [0, 0.1) is 0 Å². The summed E-state index contributed by atoms with van der Waals surface area (Å²) >= 11 is -1.97. The molecule has 0 saturated heterocycles. The average Bonchev–Trinajstić information content (AvgIpc) is 1.41. The van der Waals surface area contributed by atoms with Crippen molar-refractivity contribution in [2.24, 2.45) is 0 Å². The SMILES string of the molecule is [O]=[Fe](=[O])=[O].[S]=[Mo]. The molecule has 0 rings (SSSR count). The van der Waals surface area contributed by atoms with Gasteiger partial charge in [-0.15, -0.1) is 0 Å². The van der Waals surface area contributed by atoms with E-state index in [0.717, 1.165) is 0 Å². The van der Waals surface area contributed by atoms with E-state index in [1.165, 1.54) is 18.0 Å². The Hall–Kier alpha value is 0.828. The van der Waals surface area contributed by atoms with Gasteiger partial charge in [-0.05, 0) is 0 Å². The first-order valence-corrected chi connectivity index (χ1v) is 4.74. The van der Waals surface area contributed by atoms with Crippen molar-refractivity contribution in [1.82, 2.24) is 0 Å². The van der Waals surface area contributed by atoms with E-state index >= 15 is 0 Å². The van der Waals surface area contributed by atoms with Crippen LogP contribution >= 0.6 is 9.82 Å². The monoisotopic (exact) mass is 234 g/mol. The number of hydrogen-bond acceptors (Lipinski definition) is 4. The van der Waals surface area contributed by atoms with Crippen molar-refractivity contribution in [2.75, 3.05) is 0 Å². The Morgan fingerprint density at radius 3 is 1.17 bits per heavy atom. The van der Waals surface area contributed by atoms with Crippen molar-refractivity contribution in [2.45, 2.75) is 0 Å². The third-order valence-corrected chi connectivity index (χ3v) is 0. The predicted octanol–water partition coefficient (Wildman–Crippen LogP) is 0.287. The van der Waals surface area contributed by atoms with E-state index in [4.69, 9.17) is 11.5 Å². The second-order valence-electron chi connectivity index (χ2n) is 0.177. The molecule has 0 N–H and O–H groups in total. The molecule has 3 nitrogen and oxygen atoms in total. The summed E-state index contributed by atoms with van der Waals surface area (Å²) < 4.78 is 25.5. The third-order valence-electron chi connectivity index (χ3n) is 0. The van der Waals surface area contributed by atoms with Gasteiger partial charge in [0.1, 0.15) is 0 Å². The first-order valence-electron chi connectivity index (χ1n) is 0.600. The van der Waals surface area contributed by atoms with Gasteiger partial charge in [-0.3, -0.25) is 0 Å². The van der Waals surface area contributed by atoms with Gasteiger partial charge in [0.05, 0.1) is 0 Å². The fourth-order valence-electron chi connectivity index (χ4n) is 0. The first kappa shape index (κ1) is 9.95. The van der Waals surface area contributed by atoms with Crippen molar-refractivity contribution < 1.29 is 43.2 Å². The van der Waals surface area contributed by atoms with Crippen LogP contribution in [0.5, 0.6) is 0 Å². The molecule has 0 aliphatic heterocycles. The minimum atomic E-state index is -3.50. The molecule has 38 valence electrons. The maximum atomic E-state index is 8.50. The van der Waals surface area contributed by atoms with Crippen molar-refractivity contribution in [3.8, 4) is 0 Å². The Kier molecular flexibility index (Phi) is 15.4. The van der Waals surface area contributed by atoms with Gasteiger partial charge < -0.3 is 0 Å². The van der Waals surface area contributed by atoms with Crippen LogP contribution in [-0.4, -0.2) is 0 Å². The van der Waals surface area contributed by atoms with Gasteiger partial charge in [0, 0.05) is 0 Å². The Balaban J connectivity index is 0. The Morgan fingerprint density at radius 1 is 1.17 bits per heavy atom. The van der Waals surface area contributed by atoms with Gasteiger partial charge in [-0.2, -0.15) is 0 Å². The summed E-state index contributed by atoms with van der Waals surface area (Å²) in [5, 5.41) is 0. The Morgan fingerprint density at radius 2 is 1.17 bits per heavy atom. The van der Waals surface area contributed by atoms with Crippen LogP contribution in [-0.2, 0) is 43.2 Å². The molecule has 0 aliphatic rings. The standard InChI is InChI=1S/Fe.Mo.3O.S. The summed E-state index contributed by atoms with van der Waals surface area (Å²) in [5.41, 5.74) is 0. The van der Waals surface area contributed by atoms with Crippen molar-refractivity contribution in [3.63, 3.8) is 0 Å². The van der Waals surface area contributed by atoms with Gasteiger partial charge >= 0.3 is 53.0 Å². The van der Waals surface area contributed by atoms with E-state index in [-0.39, 0.29) is 0 Å². The van der Waals surface area contributed by atoms with Crippen molar-refractivity contribution >= 4 is 9.82 Å². The summed E-state index contributed by atoms with van der Waals surface area (Å²) in [6.07, 6.45) is 0. The van der Waals surface area contributed by atoms with Gasteiger partial charge in [0.2, 0.25) is 0 Å². The van der Waals surface area contributed by atoms with E-state index in [9.17, 15) is 0 Å². The molecule has 0 bridgehead atoms. The van der Waals surface area contributed by atoms with Crippen LogP contribution in [0.4, 0.5) is 0 Å². The maximum absolute atomic E-state index is 8.50. The summed E-state index contributed by atoms with van der Waals surface area (Å²) in [6, 6.07) is 0. The third kappa shape index (κ3) is 103.